The Kier molecular flexibility index (Phi) is 5.67. The van der Waals surface area contributed by atoms with Gasteiger partial charge < -0.3 is 14.7 Å². The number of H-pyrrole nitrogens is 1. The highest BCUT2D eigenvalue weighted by Crippen LogP contribution is 2.44. The van der Waals surface area contributed by atoms with Crippen LogP contribution in [0, 0.1) is 17.6 Å². The van der Waals surface area contributed by atoms with Crippen LogP contribution in [0.15, 0.2) is 36.4 Å². The van der Waals surface area contributed by atoms with E-state index in [1.807, 2.05) is 31.2 Å². The Morgan fingerprint density at radius 2 is 1.88 bits per heavy atom. The van der Waals surface area contributed by atoms with Gasteiger partial charge in [0.1, 0.15) is 17.9 Å². The summed E-state index contributed by atoms with van der Waals surface area (Å²) in [5, 5.41) is 0.937. The van der Waals surface area contributed by atoms with Crippen LogP contribution in [-0.4, -0.2) is 47.8 Å². The van der Waals surface area contributed by atoms with Crippen LogP contribution in [0.1, 0.15) is 43.1 Å². The summed E-state index contributed by atoms with van der Waals surface area (Å²) in [6.45, 7) is 2.95. The lowest BCUT2D eigenvalue weighted by Crippen LogP contribution is -2.48. The van der Waals surface area contributed by atoms with Crippen LogP contribution in [0.25, 0.3) is 10.9 Å². The van der Waals surface area contributed by atoms with Crippen molar-refractivity contribution >= 4 is 22.9 Å². The molecule has 0 amide bonds. The normalized spacial score (nSPS) is 23.5. The van der Waals surface area contributed by atoms with Gasteiger partial charge in [0, 0.05) is 59.8 Å². The standard InChI is InChI=1S/C26H27F4N3O/c1-15-9-19-18-5-3-4-6-22(18)31-24(19)25(33(15)14-26(2,29)30)23-20(27)10-17(11-21(23)28)32-8-7-16(12-32)13-34/h3-6,10-11,13,15-16,25,31H,7-9,12,14H2,1-2H3/t15-,16?,25-/m1/s1. The summed E-state index contributed by atoms with van der Waals surface area (Å²) >= 11 is 0. The number of nitrogens with zero attached hydrogens (tertiary/aromatic N) is 2. The average Bonchev–Trinajstić information content (AvgIpc) is 3.39. The molecule has 3 heterocycles. The van der Waals surface area contributed by atoms with Crippen LogP contribution in [0.4, 0.5) is 23.2 Å². The van der Waals surface area contributed by atoms with Crippen LogP contribution >= 0.6 is 0 Å². The van der Waals surface area contributed by atoms with Gasteiger partial charge in [-0.05, 0) is 43.5 Å². The maximum atomic E-state index is 15.6. The average molecular weight is 474 g/mol. The number of hydrogen-bond acceptors (Lipinski definition) is 3. The molecule has 0 bridgehead atoms. The van der Waals surface area contributed by atoms with Crippen molar-refractivity contribution in [3.63, 3.8) is 0 Å². The molecule has 2 aliphatic rings. The van der Waals surface area contributed by atoms with E-state index < -0.39 is 30.1 Å². The molecular formula is C26H27F4N3O. The molecule has 0 aliphatic carbocycles. The number of aldehydes is 1. The van der Waals surface area contributed by atoms with E-state index in [2.05, 4.69) is 4.98 Å². The van der Waals surface area contributed by atoms with E-state index in [0.717, 1.165) is 29.7 Å². The Morgan fingerprint density at radius 1 is 1.18 bits per heavy atom. The lowest BCUT2D eigenvalue weighted by Gasteiger charge is -2.42. The van der Waals surface area contributed by atoms with E-state index in [4.69, 9.17) is 0 Å². The number of para-hydroxylation sites is 1. The number of alkyl halides is 2. The number of carbonyl (C=O) groups is 1. The molecule has 2 aliphatic heterocycles. The van der Waals surface area contributed by atoms with E-state index in [1.165, 1.54) is 17.0 Å². The molecule has 1 saturated heterocycles. The molecular weight excluding hydrogens is 446 g/mol. The lowest BCUT2D eigenvalue weighted by molar-refractivity contribution is -0.110. The second-order valence-electron chi connectivity index (χ2n) is 9.71. The first-order valence-corrected chi connectivity index (χ1v) is 11.6. The third-order valence-corrected chi connectivity index (χ3v) is 7.10. The van der Waals surface area contributed by atoms with Crippen molar-refractivity contribution in [3.05, 3.63) is 64.9 Å². The maximum Gasteiger partial charge on any atom is 0.257 e. The summed E-state index contributed by atoms with van der Waals surface area (Å²) in [6.07, 6.45) is 1.99. The highest BCUT2D eigenvalue weighted by Gasteiger charge is 2.42. The van der Waals surface area contributed by atoms with Crippen LogP contribution in [-0.2, 0) is 11.2 Å². The number of halogens is 4. The van der Waals surface area contributed by atoms with E-state index in [9.17, 15) is 13.6 Å². The third-order valence-electron chi connectivity index (χ3n) is 7.10. The zero-order chi connectivity index (χ0) is 24.2. The summed E-state index contributed by atoms with van der Waals surface area (Å²) in [7, 11) is 0. The zero-order valence-corrected chi connectivity index (χ0v) is 19.1. The first-order valence-electron chi connectivity index (χ1n) is 11.6. The minimum atomic E-state index is -3.04. The van der Waals surface area contributed by atoms with Gasteiger partial charge in [-0.3, -0.25) is 4.90 Å². The predicted octanol–water partition coefficient (Wildman–Crippen LogP) is 5.46. The van der Waals surface area contributed by atoms with Crippen molar-refractivity contribution in [3.8, 4) is 0 Å². The fourth-order valence-corrected chi connectivity index (χ4v) is 5.53. The monoisotopic (exact) mass is 473 g/mol. The van der Waals surface area contributed by atoms with Gasteiger partial charge in [0.15, 0.2) is 0 Å². The highest BCUT2D eigenvalue weighted by molar-refractivity contribution is 5.85. The molecule has 1 unspecified atom stereocenters. The highest BCUT2D eigenvalue weighted by atomic mass is 19.3. The Labute approximate surface area is 195 Å². The number of fused-ring (bicyclic) bond motifs is 3. The molecule has 8 heteroatoms. The van der Waals surface area contributed by atoms with Crippen LogP contribution in [0.3, 0.4) is 0 Å². The van der Waals surface area contributed by atoms with Crippen LogP contribution in [0.2, 0.25) is 0 Å². The van der Waals surface area contributed by atoms with E-state index in [-0.39, 0.29) is 17.5 Å². The molecule has 34 heavy (non-hydrogen) atoms. The number of hydrogen-bond donors (Lipinski definition) is 1. The van der Waals surface area contributed by atoms with Crippen molar-refractivity contribution in [2.24, 2.45) is 5.92 Å². The molecule has 3 aromatic rings. The minimum absolute atomic E-state index is 0.166. The third kappa shape index (κ3) is 3.98. The molecule has 0 spiro atoms. The summed E-state index contributed by atoms with van der Waals surface area (Å²) in [6, 6.07) is 8.71. The van der Waals surface area contributed by atoms with Gasteiger partial charge in [0.05, 0.1) is 12.6 Å². The van der Waals surface area contributed by atoms with Crippen molar-refractivity contribution in [1.29, 1.82) is 0 Å². The molecule has 1 N–H and O–H groups in total. The topological polar surface area (TPSA) is 39.3 Å². The fourth-order valence-electron chi connectivity index (χ4n) is 5.53. The van der Waals surface area contributed by atoms with Crippen LogP contribution in [0.5, 0.6) is 0 Å². The largest absolute Gasteiger partial charge is 0.371 e. The van der Waals surface area contributed by atoms with Gasteiger partial charge in [-0.2, -0.15) is 0 Å². The van der Waals surface area contributed by atoms with E-state index >= 15 is 8.78 Å². The summed E-state index contributed by atoms with van der Waals surface area (Å²) in [5.74, 6) is -4.76. The molecule has 1 fully saturated rings. The summed E-state index contributed by atoms with van der Waals surface area (Å²) in [4.78, 5) is 17.7. The Bertz CT molecular complexity index is 1210. The number of rotatable bonds is 5. The van der Waals surface area contributed by atoms with Gasteiger partial charge in [0.2, 0.25) is 0 Å². The number of anilines is 1. The van der Waals surface area contributed by atoms with Crippen molar-refractivity contribution in [2.75, 3.05) is 24.5 Å². The maximum absolute atomic E-state index is 15.6. The molecule has 3 atom stereocenters. The second kappa shape index (κ2) is 8.41. The molecule has 4 nitrogen and oxygen atoms in total. The van der Waals surface area contributed by atoms with E-state index in [1.54, 1.807) is 4.90 Å². The first-order chi connectivity index (χ1) is 16.2. The van der Waals surface area contributed by atoms with Gasteiger partial charge in [0.25, 0.3) is 5.92 Å². The SMILES string of the molecule is C[C@@H]1Cc2c([nH]c3ccccc23)[C@@H](c2c(F)cc(N3CCC(C=O)C3)cc2F)N1CC(C)(F)F. The second-order valence-corrected chi connectivity index (χ2v) is 9.71. The fraction of sp³-hybridized carbons (Fsp3) is 0.423. The minimum Gasteiger partial charge on any atom is -0.371 e. The lowest BCUT2D eigenvalue weighted by atomic mass is 9.87. The zero-order valence-electron chi connectivity index (χ0n) is 19.1. The molecule has 0 radical (unpaired) electrons. The quantitative estimate of drug-likeness (QED) is 0.395. The van der Waals surface area contributed by atoms with Gasteiger partial charge in [-0.25, -0.2) is 17.6 Å². The van der Waals surface area contributed by atoms with Crippen molar-refractivity contribution < 1.29 is 22.4 Å². The van der Waals surface area contributed by atoms with Gasteiger partial charge in [-0.1, -0.05) is 18.2 Å². The Balaban J connectivity index is 1.64. The number of nitrogens with one attached hydrogen (secondary N) is 1. The van der Waals surface area contributed by atoms with E-state index in [0.29, 0.717) is 37.3 Å². The summed E-state index contributed by atoms with van der Waals surface area (Å²) in [5.41, 5.74) is 2.38. The van der Waals surface area contributed by atoms with Gasteiger partial charge >= 0.3 is 0 Å². The van der Waals surface area contributed by atoms with Gasteiger partial charge in [-0.15, -0.1) is 0 Å². The van der Waals surface area contributed by atoms with Crippen LogP contribution < -0.4 is 4.90 Å². The molecule has 5 rings (SSSR count). The number of aromatic nitrogens is 1. The number of aromatic amines is 1. The number of benzene rings is 2. The molecule has 1 aromatic heterocycles. The predicted molar refractivity (Wildman–Crippen MR) is 123 cm³/mol. The Hall–Kier alpha value is -2.87. The smallest absolute Gasteiger partial charge is 0.257 e. The summed E-state index contributed by atoms with van der Waals surface area (Å²) < 4.78 is 59.7. The molecule has 0 saturated carbocycles. The molecule has 180 valence electrons. The number of carbonyl (C=O) groups excluding carboxylic acids is 1. The first kappa shape index (κ1) is 22.9. The Morgan fingerprint density at radius 3 is 2.53 bits per heavy atom. The molecule has 2 aromatic carbocycles. The van der Waals surface area contributed by atoms with Crippen molar-refractivity contribution in [1.82, 2.24) is 9.88 Å². The van der Waals surface area contributed by atoms with Crippen molar-refractivity contribution in [2.45, 2.75) is 44.7 Å².